The van der Waals surface area contributed by atoms with E-state index in [2.05, 4.69) is 5.32 Å². The Morgan fingerprint density at radius 2 is 1.72 bits per heavy atom. The Morgan fingerprint density at radius 3 is 2.22 bits per heavy atom. The first-order chi connectivity index (χ1) is 7.98. The summed E-state index contributed by atoms with van der Waals surface area (Å²) in [5, 5.41) is 3.16. The summed E-state index contributed by atoms with van der Waals surface area (Å²) >= 11 is 0. The summed E-state index contributed by atoms with van der Waals surface area (Å²) in [6, 6.07) is 3.26. The molecule has 1 fully saturated rings. The van der Waals surface area contributed by atoms with E-state index in [0.717, 1.165) is 38.1 Å². The molecule has 1 N–H and O–H groups in total. The average molecular weight is 284 g/mol. The third-order valence-electron chi connectivity index (χ3n) is 3.11. The van der Waals surface area contributed by atoms with E-state index in [1.165, 1.54) is 6.07 Å². The quantitative estimate of drug-likeness (QED) is 0.774. The van der Waals surface area contributed by atoms with E-state index in [9.17, 15) is 17.6 Å². The third-order valence-corrected chi connectivity index (χ3v) is 3.11. The Bertz CT molecular complexity index is 400. The molecule has 1 nitrogen and oxygen atoms in total. The van der Waals surface area contributed by atoms with Crippen LogP contribution in [0.3, 0.4) is 0 Å². The first-order valence-corrected chi connectivity index (χ1v) is 5.56. The van der Waals surface area contributed by atoms with Gasteiger partial charge in [-0.1, -0.05) is 6.07 Å². The van der Waals surface area contributed by atoms with Gasteiger partial charge in [0.15, 0.2) is 0 Å². The van der Waals surface area contributed by atoms with E-state index >= 15 is 0 Å². The lowest BCUT2D eigenvalue weighted by molar-refractivity contribution is -0.140. The molecular weight excluding hydrogens is 270 g/mol. The van der Waals surface area contributed by atoms with Gasteiger partial charge in [-0.15, -0.1) is 12.4 Å². The van der Waals surface area contributed by atoms with Crippen LogP contribution < -0.4 is 5.32 Å². The molecule has 1 aliphatic heterocycles. The molecule has 0 atom stereocenters. The third kappa shape index (κ3) is 3.36. The van der Waals surface area contributed by atoms with Crippen LogP contribution in [-0.4, -0.2) is 13.1 Å². The standard InChI is InChI=1S/C12H13F4N.ClH/c13-11-7-9(8-3-5-17-6-4-8)1-2-10(11)12(14,15)16;/h1-2,7-8,17H,3-6H2;1H. The number of hydrogen-bond donors (Lipinski definition) is 1. The van der Waals surface area contributed by atoms with Crippen molar-refractivity contribution in [1.29, 1.82) is 0 Å². The summed E-state index contributed by atoms with van der Waals surface area (Å²) in [6.07, 6.45) is -2.94. The number of piperidine rings is 1. The topological polar surface area (TPSA) is 12.0 Å². The van der Waals surface area contributed by atoms with E-state index in [4.69, 9.17) is 0 Å². The van der Waals surface area contributed by atoms with Gasteiger partial charge in [-0.25, -0.2) is 4.39 Å². The molecule has 102 valence electrons. The van der Waals surface area contributed by atoms with E-state index in [1.54, 1.807) is 0 Å². The van der Waals surface area contributed by atoms with Crippen LogP contribution >= 0.6 is 12.4 Å². The second-order valence-corrected chi connectivity index (χ2v) is 4.26. The van der Waals surface area contributed by atoms with Crippen LogP contribution in [0.4, 0.5) is 17.6 Å². The fourth-order valence-electron chi connectivity index (χ4n) is 2.17. The van der Waals surface area contributed by atoms with Crippen LogP contribution in [0.25, 0.3) is 0 Å². The van der Waals surface area contributed by atoms with Crippen molar-refractivity contribution in [3.63, 3.8) is 0 Å². The summed E-state index contributed by atoms with van der Waals surface area (Å²) in [7, 11) is 0. The molecule has 1 aromatic rings. The molecular formula is C12H14ClF4N. The molecule has 0 unspecified atom stereocenters. The van der Waals surface area contributed by atoms with Crippen molar-refractivity contribution in [1.82, 2.24) is 5.32 Å². The predicted octanol–water partition coefficient (Wildman–Crippen LogP) is 3.73. The molecule has 1 aromatic carbocycles. The van der Waals surface area contributed by atoms with Gasteiger partial charge >= 0.3 is 6.18 Å². The van der Waals surface area contributed by atoms with E-state index in [-0.39, 0.29) is 18.3 Å². The van der Waals surface area contributed by atoms with Crippen molar-refractivity contribution in [3.05, 3.63) is 35.1 Å². The fourth-order valence-corrected chi connectivity index (χ4v) is 2.17. The Morgan fingerprint density at radius 1 is 1.11 bits per heavy atom. The Hall–Kier alpha value is -0.810. The van der Waals surface area contributed by atoms with Crippen LogP contribution in [0, 0.1) is 5.82 Å². The van der Waals surface area contributed by atoms with Crippen molar-refractivity contribution in [2.75, 3.05) is 13.1 Å². The minimum atomic E-state index is -4.61. The molecule has 2 rings (SSSR count). The SMILES string of the molecule is Cl.Fc1cc(C2CCNCC2)ccc1C(F)(F)F. The fraction of sp³-hybridized carbons (Fsp3) is 0.500. The molecule has 18 heavy (non-hydrogen) atoms. The minimum Gasteiger partial charge on any atom is -0.317 e. The number of benzene rings is 1. The average Bonchev–Trinajstić information content (AvgIpc) is 2.28. The molecule has 0 bridgehead atoms. The van der Waals surface area contributed by atoms with Gasteiger partial charge in [0.2, 0.25) is 0 Å². The first kappa shape index (κ1) is 15.2. The number of nitrogens with one attached hydrogen (secondary N) is 1. The lowest BCUT2D eigenvalue weighted by atomic mass is 9.89. The van der Waals surface area contributed by atoms with Crippen molar-refractivity contribution in [3.8, 4) is 0 Å². The van der Waals surface area contributed by atoms with Gasteiger partial charge in [-0.2, -0.15) is 13.2 Å². The number of hydrogen-bond acceptors (Lipinski definition) is 1. The molecule has 0 aliphatic carbocycles. The van der Waals surface area contributed by atoms with Crippen LogP contribution in [0.5, 0.6) is 0 Å². The second-order valence-electron chi connectivity index (χ2n) is 4.26. The zero-order valence-corrected chi connectivity index (χ0v) is 10.4. The van der Waals surface area contributed by atoms with Crippen LogP contribution in [0.1, 0.15) is 29.9 Å². The lowest BCUT2D eigenvalue weighted by Gasteiger charge is -2.23. The van der Waals surface area contributed by atoms with Crippen molar-refractivity contribution in [2.45, 2.75) is 24.9 Å². The maximum Gasteiger partial charge on any atom is 0.419 e. The van der Waals surface area contributed by atoms with Gasteiger partial charge in [0.25, 0.3) is 0 Å². The Labute approximate surface area is 109 Å². The van der Waals surface area contributed by atoms with Gasteiger partial charge in [-0.05, 0) is 49.5 Å². The van der Waals surface area contributed by atoms with Crippen molar-refractivity contribution >= 4 is 12.4 Å². The van der Waals surface area contributed by atoms with Gasteiger partial charge in [-0.3, -0.25) is 0 Å². The molecule has 1 aliphatic rings. The van der Waals surface area contributed by atoms with Crippen LogP contribution in [0.15, 0.2) is 18.2 Å². The summed E-state index contributed by atoms with van der Waals surface area (Å²) in [4.78, 5) is 0. The van der Waals surface area contributed by atoms with E-state index in [1.807, 2.05) is 0 Å². The maximum atomic E-state index is 13.4. The maximum absolute atomic E-state index is 13.4. The number of halogens is 5. The second kappa shape index (κ2) is 5.89. The van der Waals surface area contributed by atoms with E-state index in [0.29, 0.717) is 5.56 Å². The van der Waals surface area contributed by atoms with E-state index < -0.39 is 17.6 Å². The molecule has 0 radical (unpaired) electrons. The highest BCUT2D eigenvalue weighted by Crippen LogP contribution is 2.34. The first-order valence-electron chi connectivity index (χ1n) is 5.56. The Balaban J connectivity index is 0.00000162. The number of alkyl halides is 3. The smallest absolute Gasteiger partial charge is 0.317 e. The number of rotatable bonds is 1. The minimum absolute atomic E-state index is 0. The molecule has 1 saturated heterocycles. The lowest BCUT2D eigenvalue weighted by Crippen LogP contribution is -2.26. The predicted molar refractivity (Wildman–Crippen MR) is 63.5 cm³/mol. The molecule has 0 aromatic heterocycles. The molecule has 6 heteroatoms. The zero-order valence-electron chi connectivity index (χ0n) is 9.56. The highest BCUT2D eigenvalue weighted by atomic mass is 35.5. The molecule has 0 saturated carbocycles. The highest BCUT2D eigenvalue weighted by molar-refractivity contribution is 5.85. The van der Waals surface area contributed by atoms with Crippen molar-refractivity contribution < 1.29 is 17.6 Å². The summed E-state index contributed by atoms with van der Waals surface area (Å²) in [5.41, 5.74) is -0.521. The van der Waals surface area contributed by atoms with Gasteiger partial charge in [0.05, 0.1) is 5.56 Å². The highest BCUT2D eigenvalue weighted by Gasteiger charge is 2.34. The molecule has 0 amide bonds. The van der Waals surface area contributed by atoms with Crippen molar-refractivity contribution in [2.24, 2.45) is 0 Å². The Kier molecular flexibility index (Phi) is 4.99. The zero-order chi connectivity index (χ0) is 12.5. The normalized spacial score (nSPS) is 17.3. The van der Waals surface area contributed by atoms with Crippen LogP contribution in [-0.2, 0) is 6.18 Å². The monoisotopic (exact) mass is 283 g/mol. The summed E-state index contributed by atoms with van der Waals surface area (Å²) in [5.74, 6) is -1.01. The summed E-state index contributed by atoms with van der Waals surface area (Å²) < 4.78 is 50.5. The van der Waals surface area contributed by atoms with Gasteiger partial charge in [0, 0.05) is 0 Å². The van der Waals surface area contributed by atoms with Gasteiger partial charge in [0.1, 0.15) is 5.82 Å². The van der Waals surface area contributed by atoms with Crippen LogP contribution in [0.2, 0.25) is 0 Å². The molecule has 1 heterocycles. The summed E-state index contributed by atoms with van der Waals surface area (Å²) in [6.45, 7) is 1.65. The largest absolute Gasteiger partial charge is 0.419 e. The van der Waals surface area contributed by atoms with Gasteiger partial charge < -0.3 is 5.32 Å². The molecule has 0 spiro atoms.